The van der Waals surface area contributed by atoms with Crippen LogP contribution in [0.2, 0.25) is 0 Å². The smallest absolute Gasteiger partial charge is 0.334 e. The van der Waals surface area contributed by atoms with Gasteiger partial charge in [0.05, 0.1) is 6.10 Å². The topological polar surface area (TPSA) is 55.8 Å². The lowest BCUT2D eigenvalue weighted by Crippen LogP contribution is -2.25. The third kappa shape index (κ3) is 7.09. The molecule has 0 saturated carbocycles. The zero-order valence-corrected chi connectivity index (χ0v) is 13.9. The second kappa shape index (κ2) is 8.54. The van der Waals surface area contributed by atoms with Crippen LogP contribution in [-0.4, -0.2) is 36.5 Å². The van der Waals surface area contributed by atoms with Gasteiger partial charge in [0.15, 0.2) is 0 Å². The minimum atomic E-state index is -0.462. The lowest BCUT2D eigenvalue weighted by atomic mass is 9.93. The van der Waals surface area contributed by atoms with E-state index in [0.717, 1.165) is 37.7 Å². The molecule has 1 N–H and O–H groups in total. The normalized spacial score (nSPS) is 24.5. The first-order chi connectivity index (χ1) is 9.85. The maximum absolute atomic E-state index is 12.2. The van der Waals surface area contributed by atoms with E-state index in [0.29, 0.717) is 12.3 Å². The molecule has 2 unspecified atom stereocenters. The highest BCUT2D eigenvalue weighted by atomic mass is 16.6. The van der Waals surface area contributed by atoms with E-state index in [4.69, 9.17) is 14.6 Å². The number of aliphatic hydroxyl groups is 1. The lowest BCUT2D eigenvalue weighted by molar-refractivity contribution is -0.150. The van der Waals surface area contributed by atoms with E-state index in [2.05, 4.69) is 0 Å². The molecule has 4 heteroatoms. The van der Waals surface area contributed by atoms with Gasteiger partial charge in [-0.3, -0.25) is 0 Å². The van der Waals surface area contributed by atoms with Crippen LogP contribution in [0, 0.1) is 5.92 Å². The first-order valence-corrected chi connectivity index (χ1v) is 7.91. The van der Waals surface area contributed by atoms with Crippen LogP contribution in [0.1, 0.15) is 59.3 Å². The zero-order chi connectivity index (χ0) is 15.9. The summed E-state index contributed by atoms with van der Waals surface area (Å²) in [4.78, 5) is 12.2. The van der Waals surface area contributed by atoms with Crippen molar-refractivity contribution in [3.8, 4) is 0 Å². The fourth-order valence-corrected chi connectivity index (χ4v) is 2.71. The van der Waals surface area contributed by atoms with Crippen molar-refractivity contribution in [2.24, 2.45) is 5.92 Å². The standard InChI is InChI=1S/C17H30O4/c1-17(2,3)21-16(19)14-7-5-6-13(10-11-18)12-15(20-4)9-8-14/h7,13,15,18H,5-6,8-12H2,1-4H3. The van der Waals surface area contributed by atoms with Crippen molar-refractivity contribution in [1.29, 1.82) is 0 Å². The number of hydrogen-bond donors (Lipinski definition) is 1. The monoisotopic (exact) mass is 298 g/mol. The zero-order valence-electron chi connectivity index (χ0n) is 13.9. The summed E-state index contributed by atoms with van der Waals surface area (Å²) < 4.78 is 11.0. The molecule has 1 aliphatic rings. The van der Waals surface area contributed by atoms with E-state index in [1.807, 2.05) is 26.8 Å². The highest BCUT2D eigenvalue weighted by molar-refractivity contribution is 5.88. The minimum Gasteiger partial charge on any atom is -0.457 e. The van der Waals surface area contributed by atoms with Crippen LogP contribution >= 0.6 is 0 Å². The Bertz CT molecular complexity index is 354. The lowest BCUT2D eigenvalue weighted by Gasteiger charge is -2.22. The van der Waals surface area contributed by atoms with E-state index >= 15 is 0 Å². The largest absolute Gasteiger partial charge is 0.457 e. The van der Waals surface area contributed by atoms with Crippen LogP contribution in [0.4, 0.5) is 0 Å². The molecule has 1 aliphatic carbocycles. The molecule has 0 aromatic rings. The third-order valence-electron chi connectivity index (χ3n) is 3.83. The van der Waals surface area contributed by atoms with Gasteiger partial charge in [-0.15, -0.1) is 0 Å². The Morgan fingerprint density at radius 2 is 2.10 bits per heavy atom. The van der Waals surface area contributed by atoms with E-state index in [-0.39, 0.29) is 18.7 Å². The van der Waals surface area contributed by atoms with E-state index in [1.54, 1.807) is 7.11 Å². The molecule has 0 amide bonds. The summed E-state index contributed by atoms with van der Waals surface area (Å²) in [5.41, 5.74) is 0.299. The fourth-order valence-electron chi connectivity index (χ4n) is 2.71. The summed E-state index contributed by atoms with van der Waals surface area (Å²) in [5.74, 6) is 0.243. The Balaban J connectivity index is 2.73. The van der Waals surface area contributed by atoms with Gasteiger partial charge in [-0.2, -0.15) is 0 Å². The van der Waals surface area contributed by atoms with Crippen LogP contribution in [0.5, 0.6) is 0 Å². The quantitative estimate of drug-likeness (QED) is 0.810. The fraction of sp³-hybridized carbons (Fsp3) is 0.824. The van der Waals surface area contributed by atoms with Crippen LogP contribution in [-0.2, 0) is 14.3 Å². The number of esters is 1. The van der Waals surface area contributed by atoms with Crippen molar-refractivity contribution in [3.05, 3.63) is 11.6 Å². The summed E-state index contributed by atoms with van der Waals surface area (Å²) in [6.07, 6.45) is 7.26. The summed E-state index contributed by atoms with van der Waals surface area (Å²) in [6.45, 7) is 5.87. The third-order valence-corrected chi connectivity index (χ3v) is 3.83. The predicted molar refractivity (Wildman–Crippen MR) is 83.0 cm³/mol. The van der Waals surface area contributed by atoms with E-state index in [9.17, 15) is 4.79 Å². The Morgan fingerprint density at radius 3 is 2.67 bits per heavy atom. The number of rotatable bonds is 4. The van der Waals surface area contributed by atoms with Crippen molar-refractivity contribution in [2.45, 2.75) is 71.0 Å². The highest BCUT2D eigenvalue weighted by Crippen LogP contribution is 2.26. The number of hydrogen-bond acceptors (Lipinski definition) is 4. The molecule has 0 spiro atoms. The molecule has 1 rings (SSSR count). The minimum absolute atomic E-state index is 0.144. The molecular weight excluding hydrogens is 268 g/mol. The molecule has 4 nitrogen and oxygen atoms in total. The molecule has 0 aliphatic heterocycles. The van der Waals surface area contributed by atoms with Gasteiger partial charge < -0.3 is 14.6 Å². The second-order valence-corrected chi connectivity index (χ2v) is 6.82. The van der Waals surface area contributed by atoms with Crippen molar-refractivity contribution in [1.82, 2.24) is 0 Å². The number of carbonyl (C=O) groups is 1. The molecule has 0 aromatic heterocycles. The van der Waals surface area contributed by atoms with Gasteiger partial charge in [0, 0.05) is 19.3 Å². The first kappa shape index (κ1) is 18.2. The number of allylic oxidation sites excluding steroid dienone is 1. The summed E-state index contributed by atoms with van der Waals surface area (Å²) >= 11 is 0. The van der Waals surface area contributed by atoms with Gasteiger partial charge in [-0.1, -0.05) is 6.08 Å². The Hall–Kier alpha value is -0.870. The van der Waals surface area contributed by atoms with E-state index in [1.165, 1.54) is 0 Å². The van der Waals surface area contributed by atoms with Crippen LogP contribution in [0.25, 0.3) is 0 Å². The van der Waals surface area contributed by atoms with Crippen molar-refractivity contribution >= 4 is 5.97 Å². The summed E-state index contributed by atoms with van der Waals surface area (Å²) in [7, 11) is 1.72. The average Bonchev–Trinajstić information content (AvgIpc) is 2.47. The van der Waals surface area contributed by atoms with Gasteiger partial charge in [-0.25, -0.2) is 4.79 Å². The van der Waals surface area contributed by atoms with Gasteiger partial charge in [0.2, 0.25) is 0 Å². The van der Waals surface area contributed by atoms with Crippen molar-refractivity contribution < 1.29 is 19.4 Å². The molecule has 0 bridgehead atoms. The summed E-state index contributed by atoms with van der Waals surface area (Å²) in [5, 5.41) is 9.15. The van der Waals surface area contributed by atoms with Gasteiger partial charge in [-0.05, 0) is 65.2 Å². The molecule has 122 valence electrons. The maximum atomic E-state index is 12.2. The Labute approximate surface area is 128 Å². The number of aliphatic hydroxyl groups excluding tert-OH is 1. The molecule has 0 radical (unpaired) electrons. The molecular formula is C17H30O4. The second-order valence-electron chi connectivity index (χ2n) is 6.82. The number of carbonyl (C=O) groups excluding carboxylic acids is 1. The maximum Gasteiger partial charge on any atom is 0.334 e. The van der Waals surface area contributed by atoms with Gasteiger partial charge in [0.1, 0.15) is 5.60 Å². The molecule has 0 fully saturated rings. The molecule has 0 aromatic carbocycles. The van der Waals surface area contributed by atoms with Crippen LogP contribution < -0.4 is 0 Å². The van der Waals surface area contributed by atoms with Crippen molar-refractivity contribution in [3.63, 3.8) is 0 Å². The van der Waals surface area contributed by atoms with Gasteiger partial charge >= 0.3 is 5.97 Å². The number of ether oxygens (including phenoxy) is 2. The molecule has 0 heterocycles. The number of methoxy groups -OCH3 is 1. The summed E-state index contributed by atoms with van der Waals surface area (Å²) in [6, 6.07) is 0. The van der Waals surface area contributed by atoms with Crippen LogP contribution in [0.15, 0.2) is 11.6 Å². The highest BCUT2D eigenvalue weighted by Gasteiger charge is 2.23. The average molecular weight is 298 g/mol. The van der Waals surface area contributed by atoms with Crippen molar-refractivity contribution in [2.75, 3.05) is 13.7 Å². The predicted octanol–water partition coefficient (Wildman–Crippen LogP) is 3.23. The van der Waals surface area contributed by atoms with E-state index < -0.39 is 5.60 Å². The SMILES string of the molecule is COC1CCC(C(=O)OC(C)(C)C)=CCCC(CCO)C1. The Morgan fingerprint density at radius 1 is 1.38 bits per heavy atom. The van der Waals surface area contributed by atoms with Crippen LogP contribution in [0.3, 0.4) is 0 Å². The first-order valence-electron chi connectivity index (χ1n) is 7.91. The molecule has 21 heavy (non-hydrogen) atoms. The molecule has 0 saturated heterocycles. The van der Waals surface area contributed by atoms with Gasteiger partial charge in [0.25, 0.3) is 0 Å². The Kier molecular flexibility index (Phi) is 7.40. The molecule has 2 atom stereocenters.